The summed E-state index contributed by atoms with van der Waals surface area (Å²) >= 11 is 1.40. The van der Waals surface area contributed by atoms with Gasteiger partial charge >= 0.3 is 0 Å². The first kappa shape index (κ1) is 15.9. The Bertz CT molecular complexity index is 652. The highest BCUT2D eigenvalue weighted by molar-refractivity contribution is 7.15. The molecule has 1 aliphatic heterocycles. The van der Waals surface area contributed by atoms with Gasteiger partial charge in [0.15, 0.2) is 0 Å². The smallest absolute Gasteiger partial charge is 0.243 e. The third-order valence-corrected chi connectivity index (χ3v) is 4.87. The summed E-state index contributed by atoms with van der Waals surface area (Å²) < 4.78 is 0. The van der Waals surface area contributed by atoms with Crippen LogP contribution in [0.25, 0.3) is 0 Å². The molecule has 3 rings (SSSR count). The monoisotopic (exact) mass is 331 g/mol. The van der Waals surface area contributed by atoms with Crippen LogP contribution in [-0.2, 0) is 4.79 Å². The number of anilines is 2. The maximum Gasteiger partial charge on any atom is 0.243 e. The van der Waals surface area contributed by atoms with E-state index in [4.69, 9.17) is 0 Å². The number of aromatic nitrogens is 2. The van der Waals surface area contributed by atoms with Gasteiger partial charge in [-0.15, -0.1) is 10.2 Å². The highest BCUT2D eigenvalue weighted by Crippen LogP contribution is 2.18. The van der Waals surface area contributed by atoms with E-state index in [1.54, 1.807) is 0 Å². The summed E-state index contributed by atoms with van der Waals surface area (Å²) in [6.07, 6.45) is 0. The summed E-state index contributed by atoms with van der Waals surface area (Å²) in [6.45, 7) is 7.43. The molecule has 122 valence electrons. The number of amides is 1. The Balaban J connectivity index is 1.53. The van der Waals surface area contributed by atoms with Gasteiger partial charge in [-0.3, -0.25) is 15.0 Å². The first-order valence-electron chi connectivity index (χ1n) is 7.78. The number of aryl methyl sites for hydroxylation is 1. The lowest BCUT2D eigenvalue weighted by Crippen LogP contribution is -2.52. The van der Waals surface area contributed by atoms with Crippen LogP contribution in [0.3, 0.4) is 0 Å². The Morgan fingerprint density at radius 3 is 2.48 bits per heavy atom. The zero-order chi connectivity index (χ0) is 16.2. The van der Waals surface area contributed by atoms with Crippen molar-refractivity contribution in [3.63, 3.8) is 0 Å². The number of carbonyl (C=O) groups is 1. The van der Waals surface area contributed by atoms with Gasteiger partial charge in [-0.05, 0) is 26.0 Å². The molecule has 1 aromatic carbocycles. The largest absolute Gasteiger partial charge is 0.369 e. The van der Waals surface area contributed by atoms with Crippen LogP contribution in [0.2, 0.25) is 0 Å². The normalized spacial score (nSPS) is 17.0. The van der Waals surface area contributed by atoms with Crippen molar-refractivity contribution < 1.29 is 4.79 Å². The number of hydrogen-bond donors (Lipinski definition) is 1. The minimum atomic E-state index is -0.169. The summed E-state index contributed by atoms with van der Waals surface area (Å²) in [5.41, 5.74) is 1.24. The number of rotatable bonds is 4. The molecule has 0 spiro atoms. The molecular weight excluding hydrogens is 310 g/mol. The predicted molar refractivity (Wildman–Crippen MR) is 93.0 cm³/mol. The summed E-state index contributed by atoms with van der Waals surface area (Å²) in [5.74, 6) is -0.0192. The van der Waals surface area contributed by atoms with Gasteiger partial charge in [0.1, 0.15) is 5.01 Å². The number of nitrogens with zero attached hydrogens (tertiary/aromatic N) is 4. The van der Waals surface area contributed by atoms with E-state index in [-0.39, 0.29) is 11.9 Å². The minimum Gasteiger partial charge on any atom is -0.369 e. The highest BCUT2D eigenvalue weighted by Gasteiger charge is 2.26. The van der Waals surface area contributed by atoms with Crippen molar-refractivity contribution in [2.24, 2.45) is 0 Å². The van der Waals surface area contributed by atoms with Crippen LogP contribution in [0.4, 0.5) is 10.8 Å². The number of nitrogens with one attached hydrogen (secondary N) is 1. The van der Waals surface area contributed by atoms with Crippen molar-refractivity contribution in [2.45, 2.75) is 19.9 Å². The molecule has 1 fully saturated rings. The molecule has 1 saturated heterocycles. The van der Waals surface area contributed by atoms with E-state index in [0.29, 0.717) is 5.13 Å². The summed E-state index contributed by atoms with van der Waals surface area (Å²) in [6, 6.07) is 10.2. The van der Waals surface area contributed by atoms with Gasteiger partial charge in [0, 0.05) is 31.9 Å². The van der Waals surface area contributed by atoms with Gasteiger partial charge in [0.05, 0.1) is 6.04 Å². The average molecular weight is 331 g/mol. The van der Waals surface area contributed by atoms with Crippen molar-refractivity contribution in [1.29, 1.82) is 0 Å². The highest BCUT2D eigenvalue weighted by atomic mass is 32.1. The fourth-order valence-electron chi connectivity index (χ4n) is 2.73. The molecule has 0 saturated carbocycles. The Kier molecular flexibility index (Phi) is 4.88. The van der Waals surface area contributed by atoms with Crippen LogP contribution in [0, 0.1) is 6.92 Å². The van der Waals surface area contributed by atoms with Crippen molar-refractivity contribution in [2.75, 3.05) is 36.4 Å². The molecule has 23 heavy (non-hydrogen) atoms. The van der Waals surface area contributed by atoms with E-state index in [2.05, 4.69) is 49.6 Å². The maximum atomic E-state index is 12.3. The predicted octanol–water partition coefficient (Wildman–Crippen LogP) is 2.00. The van der Waals surface area contributed by atoms with Crippen LogP contribution in [0.1, 0.15) is 11.9 Å². The second-order valence-electron chi connectivity index (χ2n) is 5.65. The zero-order valence-corrected chi connectivity index (χ0v) is 14.2. The lowest BCUT2D eigenvalue weighted by atomic mass is 10.2. The summed E-state index contributed by atoms with van der Waals surface area (Å²) in [4.78, 5) is 16.9. The number of piperazine rings is 1. The molecule has 1 aliphatic rings. The van der Waals surface area contributed by atoms with E-state index in [0.717, 1.165) is 31.2 Å². The third kappa shape index (κ3) is 3.86. The average Bonchev–Trinajstić information content (AvgIpc) is 3.00. The van der Waals surface area contributed by atoms with Gasteiger partial charge in [-0.25, -0.2) is 0 Å². The van der Waals surface area contributed by atoms with Crippen LogP contribution in [0.5, 0.6) is 0 Å². The molecule has 1 amide bonds. The molecule has 7 heteroatoms. The van der Waals surface area contributed by atoms with Gasteiger partial charge in [-0.1, -0.05) is 29.5 Å². The molecule has 0 aliphatic carbocycles. The van der Waals surface area contributed by atoms with Gasteiger partial charge in [0.25, 0.3) is 0 Å². The van der Waals surface area contributed by atoms with E-state index in [1.807, 2.05) is 19.9 Å². The summed E-state index contributed by atoms with van der Waals surface area (Å²) in [7, 11) is 0. The topological polar surface area (TPSA) is 61.4 Å². The van der Waals surface area contributed by atoms with Crippen LogP contribution in [0.15, 0.2) is 30.3 Å². The molecule has 0 radical (unpaired) electrons. The molecule has 2 aromatic rings. The molecule has 6 nitrogen and oxygen atoms in total. The molecular formula is C16H21N5OS. The molecule has 1 N–H and O–H groups in total. The van der Waals surface area contributed by atoms with Crippen molar-refractivity contribution in [3.8, 4) is 0 Å². The molecule has 1 aromatic heterocycles. The number of carbonyl (C=O) groups excluding carboxylic acids is 1. The first-order valence-corrected chi connectivity index (χ1v) is 8.60. The maximum absolute atomic E-state index is 12.3. The SMILES string of the molecule is Cc1nnc(NC(=O)C(C)N2CCN(c3ccccc3)CC2)s1. The van der Waals surface area contributed by atoms with Crippen LogP contribution >= 0.6 is 11.3 Å². The zero-order valence-electron chi connectivity index (χ0n) is 13.4. The number of benzene rings is 1. The van der Waals surface area contributed by atoms with Crippen molar-refractivity contribution in [3.05, 3.63) is 35.3 Å². The number of hydrogen-bond acceptors (Lipinski definition) is 6. The third-order valence-electron chi connectivity index (χ3n) is 4.12. The lowest BCUT2D eigenvalue weighted by molar-refractivity contribution is -0.120. The molecule has 1 atom stereocenters. The minimum absolute atomic E-state index is 0.0192. The first-order chi connectivity index (χ1) is 11.1. The second kappa shape index (κ2) is 7.06. The second-order valence-corrected chi connectivity index (χ2v) is 6.83. The number of para-hydroxylation sites is 1. The van der Waals surface area contributed by atoms with Crippen molar-refractivity contribution in [1.82, 2.24) is 15.1 Å². The van der Waals surface area contributed by atoms with E-state index < -0.39 is 0 Å². The molecule has 0 bridgehead atoms. The van der Waals surface area contributed by atoms with E-state index in [9.17, 15) is 4.79 Å². The Morgan fingerprint density at radius 1 is 1.17 bits per heavy atom. The molecule has 1 unspecified atom stereocenters. The lowest BCUT2D eigenvalue weighted by Gasteiger charge is -2.38. The summed E-state index contributed by atoms with van der Waals surface area (Å²) in [5, 5.41) is 12.1. The Hall–Kier alpha value is -1.99. The van der Waals surface area contributed by atoms with Gasteiger partial charge in [0.2, 0.25) is 11.0 Å². The Morgan fingerprint density at radius 2 is 1.87 bits per heavy atom. The van der Waals surface area contributed by atoms with E-state index in [1.165, 1.54) is 17.0 Å². The van der Waals surface area contributed by atoms with Gasteiger partial charge < -0.3 is 4.90 Å². The van der Waals surface area contributed by atoms with E-state index >= 15 is 0 Å². The van der Waals surface area contributed by atoms with Crippen LogP contribution < -0.4 is 10.2 Å². The van der Waals surface area contributed by atoms with Gasteiger partial charge in [-0.2, -0.15) is 0 Å². The quantitative estimate of drug-likeness (QED) is 0.928. The van der Waals surface area contributed by atoms with Crippen molar-refractivity contribution >= 4 is 28.1 Å². The Labute approximate surface area is 140 Å². The fourth-order valence-corrected chi connectivity index (χ4v) is 3.32. The van der Waals surface area contributed by atoms with Crippen LogP contribution in [-0.4, -0.2) is 53.2 Å². The standard InChI is InChI=1S/C16H21N5OS/c1-12(15(22)17-16-19-18-13(2)23-16)20-8-10-21(11-9-20)14-6-4-3-5-7-14/h3-7,12H,8-11H2,1-2H3,(H,17,19,22). The fraction of sp³-hybridized carbons (Fsp3) is 0.438. The molecule has 2 heterocycles.